The highest BCUT2D eigenvalue weighted by Gasteiger charge is 2.16. The zero-order valence-corrected chi connectivity index (χ0v) is 9.15. The van der Waals surface area contributed by atoms with Crippen LogP contribution in [0.1, 0.15) is 13.8 Å². The molecule has 0 aliphatic carbocycles. The van der Waals surface area contributed by atoms with Crippen molar-refractivity contribution in [1.29, 1.82) is 0 Å². The first-order valence-corrected chi connectivity index (χ1v) is 4.61. The highest BCUT2D eigenvalue weighted by Crippen LogP contribution is 1.89. The van der Waals surface area contributed by atoms with E-state index in [1.807, 2.05) is 13.8 Å². The van der Waals surface area contributed by atoms with E-state index < -0.39 is 12.1 Å². The normalized spacial score (nSPS) is 12.5. The lowest BCUT2D eigenvalue weighted by Gasteiger charge is -2.12. The van der Waals surface area contributed by atoms with Crippen molar-refractivity contribution in [2.24, 2.45) is 0 Å². The molecular weight excluding hydrogens is 202 g/mol. The minimum absolute atomic E-state index is 0.0338. The first-order chi connectivity index (χ1) is 6.97. The summed E-state index contributed by atoms with van der Waals surface area (Å²) in [4.78, 5) is 21.6. The molecule has 88 valence electrons. The van der Waals surface area contributed by atoms with Crippen LogP contribution >= 0.6 is 0 Å². The second-order valence-electron chi connectivity index (χ2n) is 3.23. The Morgan fingerprint density at radius 2 is 2.00 bits per heavy atom. The fourth-order valence-corrected chi connectivity index (χ4v) is 0.771. The summed E-state index contributed by atoms with van der Waals surface area (Å²) >= 11 is 0. The van der Waals surface area contributed by atoms with Gasteiger partial charge in [0.05, 0.1) is 12.6 Å². The number of carboxylic acid groups (broad SMARTS) is 1. The average Bonchev–Trinajstić information content (AvgIpc) is 2.15. The van der Waals surface area contributed by atoms with Crippen molar-refractivity contribution in [2.75, 3.05) is 20.3 Å². The molecule has 1 atom stereocenters. The van der Waals surface area contributed by atoms with E-state index in [2.05, 4.69) is 10.1 Å². The quantitative estimate of drug-likeness (QED) is 0.610. The summed E-state index contributed by atoms with van der Waals surface area (Å²) in [6.07, 6.45) is -1.05. The maximum atomic E-state index is 11.1. The van der Waals surface area contributed by atoms with E-state index in [9.17, 15) is 9.59 Å². The van der Waals surface area contributed by atoms with Crippen LogP contribution in [0.4, 0.5) is 0 Å². The molecule has 0 heterocycles. The molecule has 0 bridgehead atoms. The SMILES string of the molecule is COC(CNC(=O)COC(C)C)C(=O)O. The van der Waals surface area contributed by atoms with Crippen molar-refractivity contribution in [3.8, 4) is 0 Å². The van der Waals surface area contributed by atoms with Crippen molar-refractivity contribution < 1.29 is 24.2 Å². The minimum atomic E-state index is -1.11. The van der Waals surface area contributed by atoms with Crippen LogP contribution in [0.2, 0.25) is 0 Å². The van der Waals surface area contributed by atoms with Crippen LogP contribution in [0, 0.1) is 0 Å². The molecule has 0 rings (SSSR count). The molecular formula is C9H17NO5. The van der Waals surface area contributed by atoms with Gasteiger partial charge in [0, 0.05) is 7.11 Å². The smallest absolute Gasteiger partial charge is 0.334 e. The monoisotopic (exact) mass is 219 g/mol. The summed E-state index contributed by atoms with van der Waals surface area (Å²) in [7, 11) is 1.27. The summed E-state index contributed by atoms with van der Waals surface area (Å²) in [6, 6.07) is 0. The van der Waals surface area contributed by atoms with E-state index in [0.29, 0.717) is 0 Å². The van der Waals surface area contributed by atoms with Crippen molar-refractivity contribution in [3.05, 3.63) is 0 Å². The van der Waals surface area contributed by atoms with Crippen LogP contribution < -0.4 is 5.32 Å². The van der Waals surface area contributed by atoms with E-state index in [-0.39, 0.29) is 25.2 Å². The van der Waals surface area contributed by atoms with Gasteiger partial charge in [0.15, 0.2) is 6.10 Å². The Morgan fingerprint density at radius 1 is 1.40 bits per heavy atom. The van der Waals surface area contributed by atoms with Crippen molar-refractivity contribution >= 4 is 11.9 Å². The lowest BCUT2D eigenvalue weighted by molar-refractivity contribution is -0.148. The Balaban J connectivity index is 3.74. The van der Waals surface area contributed by atoms with Gasteiger partial charge in [-0.1, -0.05) is 0 Å². The van der Waals surface area contributed by atoms with Crippen LogP contribution in [-0.2, 0) is 19.1 Å². The molecule has 6 nitrogen and oxygen atoms in total. The van der Waals surface area contributed by atoms with E-state index in [1.54, 1.807) is 0 Å². The van der Waals surface area contributed by atoms with Crippen molar-refractivity contribution in [1.82, 2.24) is 5.32 Å². The third-order valence-electron chi connectivity index (χ3n) is 1.59. The molecule has 6 heteroatoms. The summed E-state index contributed by atoms with van der Waals surface area (Å²) in [5.74, 6) is -1.46. The van der Waals surface area contributed by atoms with Gasteiger partial charge in [-0.2, -0.15) is 0 Å². The second-order valence-corrected chi connectivity index (χ2v) is 3.23. The summed E-state index contributed by atoms with van der Waals surface area (Å²) in [6.45, 7) is 3.48. The molecule has 0 aliphatic heterocycles. The molecule has 1 amide bonds. The van der Waals surface area contributed by atoms with Gasteiger partial charge in [0.2, 0.25) is 5.91 Å². The number of hydrogen-bond acceptors (Lipinski definition) is 4. The maximum absolute atomic E-state index is 11.1. The average molecular weight is 219 g/mol. The van der Waals surface area contributed by atoms with Gasteiger partial charge >= 0.3 is 5.97 Å². The predicted molar refractivity (Wildman–Crippen MR) is 52.5 cm³/mol. The van der Waals surface area contributed by atoms with Crippen molar-refractivity contribution in [2.45, 2.75) is 26.1 Å². The molecule has 2 N–H and O–H groups in total. The van der Waals surface area contributed by atoms with Crippen LogP contribution in [0.3, 0.4) is 0 Å². The van der Waals surface area contributed by atoms with Gasteiger partial charge in [0.1, 0.15) is 6.61 Å². The highest BCUT2D eigenvalue weighted by molar-refractivity contribution is 5.79. The molecule has 1 unspecified atom stereocenters. The number of aliphatic carboxylic acids is 1. The Labute approximate surface area is 88.6 Å². The Bertz CT molecular complexity index is 217. The van der Waals surface area contributed by atoms with Gasteiger partial charge < -0.3 is 19.9 Å². The number of carbonyl (C=O) groups is 2. The minimum Gasteiger partial charge on any atom is -0.479 e. The third kappa shape index (κ3) is 6.87. The van der Waals surface area contributed by atoms with Gasteiger partial charge in [-0.3, -0.25) is 4.79 Å². The molecule has 0 aromatic rings. The third-order valence-corrected chi connectivity index (χ3v) is 1.59. The molecule has 0 aromatic heterocycles. The van der Waals surface area contributed by atoms with Gasteiger partial charge in [0.25, 0.3) is 0 Å². The topological polar surface area (TPSA) is 84.9 Å². The van der Waals surface area contributed by atoms with Crippen LogP contribution in [0.15, 0.2) is 0 Å². The second kappa shape index (κ2) is 7.19. The lowest BCUT2D eigenvalue weighted by Crippen LogP contribution is -2.39. The van der Waals surface area contributed by atoms with Crippen LogP contribution in [0.25, 0.3) is 0 Å². The fourth-order valence-electron chi connectivity index (χ4n) is 0.771. The van der Waals surface area contributed by atoms with E-state index in [1.165, 1.54) is 7.11 Å². The number of carboxylic acids is 1. The Hall–Kier alpha value is -1.14. The Kier molecular flexibility index (Phi) is 6.64. The van der Waals surface area contributed by atoms with E-state index in [4.69, 9.17) is 9.84 Å². The number of hydrogen-bond donors (Lipinski definition) is 2. The molecule has 0 radical (unpaired) electrons. The lowest BCUT2D eigenvalue weighted by atomic mass is 10.3. The molecule has 15 heavy (non-hydrogen) atoms. The van der Waals surface area contributed by atoms with Gasteiger partial charge in [-0.25, -0.2) is 4.79 Å². The molecule has 0 saturated carbocycles. The summed E-state index contributed by atoms with van der Waals surface area (Å²) in [5, 5.41) is 11.0. The molecule has 0 aliphatic rings. The number of methoxy groups -OCH3 is 1. The summed E-state index contributed by atoms with van der Waals surface area (Å²) < 4.78 is 9.66. The number of amides is 1. The molecule has 0 spiro atoms. The standard InChI is InChI=1S/C9H17NO5/c1-6(2)15-5-8(11)10-4-7(14-3)9(12)13/h6-7H,4-5H2,1-3H3,(H,10,11)(H,12,13). The number of ether oxygens (including phenoxy) is 2. The first-order valence-electron chi connectivity index (χ1n) is 4.61. The molecule has 0 saturated heterocycles. The van der Waals surface area contributed by atoms with Crippen molar-refractivity contribution in [3.63, 3.8) is 0 Å². The molecule has 0 aromatic carbocycles. The summed E-state index contributed by atoms with van der Waals surface area (Å²) in [5.41, 5.74) is 0. The van der Waals surface area contributed by atoms with Crippen LogP contribution in [0.5, 0.6) is 0 Å². The van der Waals surface area contributed by atoms with Gasteiger partial charge in [-0.15, -0.1) is 0 Å². The first kappa shape index (κ1) is 13.9. The largest absolute Gasteiger partial charge is 0.479 e. The number of rotatable bonds is 7. The maximum Gasteiger partial charge on any atom is 0.334 e. The molecule has 0 fully saturated rings. The van der Waals surface area contributed by atoms with E-state index in [0.717, 1.165) is 0 Å². The zero-order chi connectivity index (χ0) is 11.8. The highest BCUT2D eigenvalue weighted by atomic mass is 16.5. The predicted octanol–water partition coefficient (Wildman–Crippen LogP) is -0.373. The zero-order valence-electron chi connectivity index (χ0n) is 9.15. The van der Waals surface area contributed by atoms with Crippen LogP contribution in [-0.4, -0.2) is 49.5 Å². The number of nitrogens with one attached hydrogen (secondary N) is 1. The van der Waals surface area contributed by atoms with E-state index >= 15 is 0 Å². The van der Waals surface area contributed by atoms with Gasteiger partial charge in [-0.05, 0) is 13.8 Å². The Morgan fingerprint density at radius 3 is 2.40 bits per heavy atom. The number of carbonyl (C=O) groups excluding carboxylic acids is 1. The fraction of sp³-hybridized carbons (Fsp3) is 0.778.